The van der Waals surface area contributed by atoms with Crippen LogP contribution in [0.3, 0.4) is 0 Å². The lowest BCUT2D eigenvalue weighted by molar-refractivity contribution is 0.0977. The second-order valence-electron chi connectivity index (χ2n) is 9.75. The fraction of sp³-hybridized carbons (Fsp3) is 0.357. The van der Waals surface area contributed by atoms with Gasteiger partial charge in [-0.1, -0.05) is 23.2 Å². The maximum Gasteiger partial charge on any atom is 0.258 e. The zero-order chi connectivity index (χ0) is 27.1. The molecule has 3 aliphatic rings. The molecule has 4 heterocycles. The predicted molar refractivity (Wildman–Crippen MR) is 152 cm³/mol. The van der Waals surface area contributed by atoms with Gasteiger partial charge in [0, 0.05) is 55.6 Å². The van der Waals surface area contributed by atoms with E-state index in [-0.39, 0.29) is 5.91 Å². The number of nitrogens with one attached hydrogen (secondary N) is 1. The molecule has 0 bridgehead atoms. The molecule has 0 unspecified atom stereocenters. The number of pyridine rings is 2. The molecule has 0 atom stereocenters. The first kappa shape index (κ1) is 25.9. The van der Waals surface area contributed by atoms with Crippen molar-refractivity contribution >= 4 is 40.8 Å². The van der Waals surface area contributed by atoms with E-state index < -0.39 is 0 Å². The third-order valence-corrected chi connectivity index (χ3v) is 8.14. The highest BCUT2D eigenvalue weighted by Gasteiger charge is 2.31. The summed E-state index contributed by atoms with van der Waals surface area (Å²) in [6.45, 7) is 4.35. The van der Waals surface area contributed by atoms with Crippen molar-refractivity contribution in [2.24, 2.45) is 4.99 Å². The van der Waals surface area contributed by atoms with Crippen molar-refractivity contribution in [3.8, 4) is 22.8 Å². The molecule has 0 radical (unpaired) electrons. The average molecular weight is 567 g/mol. The molecular formula is C28H28Cl2N6O3. The summed E-state index contributed by atoms with van der Waals surface area (Å²) in [6, 6.07) is 9.79. The molecular weight excluding hydrogens is 539 g/mol. The lowest BCUT2D eigenvalue weighted by Gasteiger charge is -2.35. The molecule has 3 aromatic rings. The largest absolute Gasteiger partial charge is 0.495 e. The van der Waals surface area contributed by atoms with E-state index in [4.69, 9.17) is 37.7 Å². The van der Waals surface area contributed by atoms with Crippen LogP contribution >= 0.6 is 23.2 Å². The summed E-state index contributed by atoms with van der Waals surface area (Å²) in [5, 5.41) is 3.59. The summed E-state index contributed by atoms with van der Waals surface area (Å²) in [7, 11) is 3.05. The van der Waals surface area contributed by atoms with Crippen LogP contribution in [-0.4, -0.2) is 73.1 Å². The van der Waals surface area contributed by atoms with Crippen LogP contribution in [0.5, 0.6) is 11.5 Å². The highest BCUT2D eigenvalue weighted by molar-refractivity contribution is 6.41. The number of carbonyl (C=O) groups is 1. The Morgan fingerprint density at radius 3 is 2.33 bits per heavy atom. The second-order valence-corrected chi connectivity index (χ2v) is 10.5. The summed E-state index contributed by atoms with van der Waals surface area (Å²) in [6.07, 6.45) is 4.28. The lowest BCUT2D eigenvalue weighted by Crippen LogP contribution is -2.47. The number of hydrogen-bond donors (Lipinski definition) is 1. The maximum absolute atomic E-state index is 13.0. The van der Waals surface area contributed by atoms with Gasteiger partial charge in [0.1, 0.15) is 23.2 Å². The zero-order valence-corrected chi connectivity index (χ0v) is 23.2. The first-order valence-electron chi connectivity index (χ1n) is 12.9. The zero-order valence-electron chi connectivity index (χ0n) is 21.7. The molecule has 9 nitrogen and oxygen atoms in total. The van der Waals surface area contributed by atoms with Gasteiger partial charge in [-0.05, 0) is 37.1 Å². The molecule has 39 heavy (non-hydrogen) atoms. The summed E-state index contributed by atoms with van der Waals surface area (Å²) < 4.78 is 10.8. The lowest BCUT2D eigenvalue weighted by atomic mass is 10.1. The Balaban J connectivity index is 1.15. The van der Waals surface area contributed by atoms with E-state index in [2.05, 4.69) is 25.1 Å². The first-order valence-corrected chi connectivity index (χ1v) is 13.6. The van der Waals surface area contributed by atoms with E-state index >= 15 is 0 Å². The minimum Gasteiger partial charge on any atom is -0.495 e. The monoisotopic (exact) mass is 566 g/mol. The van der Waals surface area contributed by atoms with Crippen molar-refractivity contribution in [2.45, 2.75) is 25.4 Å². The molecule has 1 aromatic carbocycles. The number of carbonyl (C=O) groups excluding carboxylic acids is 1. The number of halogens is 2. The molecule has 0 spiro atoms. The van der Waals surface area contributed by atoms with Gasteiger partial charge in [0.2, 0.25) is 0 Å². The van der Waals surface area contributed by atoms with Crippen LogP contribution in [0.4, 0.5) is 5.82 Å². The van der Waals surface area contributed by atoms with Crippen molar-refractivity contribution in [2.75, 3.05) is 45.3 Å². The van der Waals surface area contributed by atoms with E-state index in [0.717, 1.165) is 43.6 Å². The highest BCUT2D eigenvalue weighted by atomic mass is 35.5. The normalized spacial score (nSPS) is 17.0. The smallest absolute Gasteiger partial charge is 0.258 e. The second kappa shape index (κ2) is 10.6. The minimum absolute atomic E-state index is 0.271. The Morgan fingerprint density at radius 2 is 1.72 bits per heavy atom. The summed E-state index contributed by atoms with van der Waals surface area (Å²) in [5.41, 5.74) is 2.98. The third kappa shape index (κ3) is 5.02. The van der Waals surface area contributed by atoms with E-state index in [1.54, 1.807) is 18.3 Å². The number of hydrogen-bond acceptors (Lipinski definition) is 8. The molecule has 1 saturated heterocycles. The Labute approximate surface area is 236 Å². The number of piperazine rings is 1. The third-order valence-electron chi connectivity index (χ3n) is 7.39. The van der Waals surface area contributed by atoms with E-state index in [0.29, 0.717) is 56.4 Å². The van der Waals surface area contributed by atoms with Gasteiger partial charge in [-0.3, -0.25) is 14.7 Å². The number of aliphatic imine (C=N–C) groups is 1. The van der Waals surface area contributed by atoms with Gasteiger partial charge in [-0.2, -0.15) is 0 Å². The summed E-state index contributed by atoms with van der Waals surface area (Å²) >= 11 is 13.1. The predicted octanol–water partition coefficient (Wildman–Crippen LogP) is 4.44. The van der Waals surface area contributed by atoms with Gasteiger partial charge >= 0.3 is 0 Å². The van der Waals surface area contributed by atoms with Crippen LogP contribution < -0.4 is 19.7 Å². The van der Waals surface area contributed by atoms with Crippen molar-refractivity contribution in [3.63, 3.8) is 0 Å². The van der Waals surface area contributed by atoms with Crippen molar-refractivity contribution in [3.05, 3.63) is 63.4 Å². The van der Waals surface area contributed by atoms with Crippen LogP contribution in [0.1, 0.15) is 34.5 Å². The number of amidine groups is 1. The number of aromatic nitrogens is 2. The molecule has 2 fully saturated rings. The average Bonchev–Trinajstić information content (AvgIpc) is 3.75. The van der Waals surface area contributed by atoms with Gasteiger partial charge in [-0.25, -0.2) is 9.97 Å². The maximum atomic E-state index is 13.0. The van der Waals surface area contributed by atoms with Crippen LogP contribution in [0.15, 0.2) is 41.5 Å². The van der Waals surface area contributed by atoms with Crippen LogP contribution in [0.2, 0.25) is 10.0 Å². The number of fused-ring (bicyclic) bond motifs is 1. The van der Waals surface area contributed by atoms with Crippen molar-refractivity contribution < 1.29 is 14.3 Å². The van der Waals surface area contributed by atoms with Gasteiger partial charge < -0.3 is 19.7 Å². The molecule has 202 valence electrons. The molecule has 1 saturated carbocycles. The number of amides is 1. The quantitative estimate of drug-likeness (QED) is 0.471. The van der Waals surface area contributed by atoms with Gasteiger partial charge in [0.15, 0.2) is 0 Å². The molecule has 2 aromatic heterocycles. The Kier molecular flexibility index (Phi) is 7.05. The van der Waals surface area contributed by atoms with Gasteiger partial charge in [-0.15, -0.1) is 0 Å². The number of nitrogens with zero attached hydrogens (tertiary/aromatic N) is 5. The Hall–Kier alpha value is -3.40. The van der Waals surface area contributed by atoms with E-state index in [1.807, 2.05) is 18.2 Å². The summed E-state index contributed by atoms with van der Waals surface area (Å²) in [5.74, 6) is 1.95. The van der Waals surface area contributed by atoms with Crippen LogP contribution in [0, 0.1) is 0 Å². The number of methoxy groups -OCH3 is 2. The molecule has 11 heteroatoms. The SMILES string of the molecule is COc1cc(OC)c(Cl)c(-c2ccc3c(n2)CN=C3NC(=O)c2ccc(N3CCN(C4CC4)CC3)nc2)c1Cl. The molecule has 1 aliphatic carbocycles. The van der Waals surface area contributed by atoms with Crippen LogP contribution in [-0.2, 0) is 6.54 Å². The molecule has 6 rings (SSSR count). The van der Waals surface area contributed by atoms with E-state index in [9.17, 15) is 4.79 Å². The fourth-order valence-corrected chi connectivity index (χ4v) is 5.77. The topological polar surface area (TPSA) is 92.2 Å². The number of rotatable bonds is 6. The Morgan fingerprint density at radius 1 is 1.00 bits per heavy atom. The van der Waals surface area contributed by atoms with Crippen LogP contribution in [0.25, 0.3) is 11.3 Å². The van der Waals surface area contributed by atoms with Crippen molar-refractivity contribution in [1.82, 2.24) is 20.2 Å². The minimum atomic E-state index is -0.271. The first-order chi connectivity index (χ1) is 19.0. The number of ether oxygens (including phenoxy) is 2. The summed E-state index contributed by atoms with van der Waals surface area (Å²) in [4.78, 5) is 31.7. The number of anilines is 1. The van der Waals surface area contributed by atoms with E-state index in [1.165, 1.54) is 27.1 Å². The molecule has 1 N–H and O–H groups in total. The fourth-order valence-electron chi connectivity index (χ4n) is 5.08. The number of benzene rings is 1. The Bertz CT molecular complexity index is 1420. The van der Waals surface area contributed by atoms with Gasteiger partial charge in [0.25, 0.3) is 5.91 Å². The highest BCUT2D eigenvalue weighted by Crippen LogP contribution is 2.45. The molecule has 2 aliphatic heterocycles. The standard InChI is InChI=1S/C28H28Cl2N6O3/c1-38-21-13-22(39-2)26(30)24(25(21)29)19-7-6-18-20(33-19)15-32-27(18)34-28(37)16-3-8-23(31-14-16)36-11-9-35(10-12-36)17-4-5-17/h3,6-8,13-14,17H,4-5,9-12,15H2,1-2H3,(H,32,34,37). The van der Waals surface area contributed by atoms with Gasteiger partial charge in [0.05, 0.1) is 47.8 Å². The molecule has 1 amide bonds. The van der Waals surface area contributed by atoms with Crippen molar-refractivity contribution in [1.29, 1.82) is 0 Å².